The van der Waals surface area contributed by atoms with Crippen LogP contribution >= 0.6 is 7.60 Å². The smallest absolute Gasteiger partial charge is 0.408 e. The van der Waals surface area contributed by atoms with Crippen LogP contribution in [-0.2, 0) is 17.4 Å². The quantitative estimate of drug-likeness (QED) is 0.159. The van der Waals surface area contributed by atoms with Crippen molar-refractivity contribution in [1.29, 1.82) is 0 Å². The lowest BCUT2D eigenvalue weighted by Gasteiger charge is -2.19. The first-order valence-corrected chi connectivity index (χ1v) is 15.3. The summed E-state index contributed by atoms with van der Waals surface area (Å²) in [4.78, 5) is 11.0. The van der Waals surface area contributed by atoms with Crippen molar-refractivity contribution in [1.82, 2.24) is 0 Å². The van der Waals surface area contributed by atoms with E-state index in [4.69, 9.17) is 4.52 Å². The minimum absolute atomic E-state index is 0.451. The largest absolute Gasteiger partial charge is 0.421 e. The maximum Gasteiger partial charge on any atom is 0.408 e. The highest BCUT2D eigenvalue weighted by Crippen LogP contribution is 2.44. The predicted octanol–water partition coefficient (Wildman–Crippen LogP) is 9.16. The Morgan fingerprint density at radius 2 is 1.06 bits per heavy atom. The Hall–Kier alpha value is -1.57. The summed E-state index contributed by atoms with van der Waals surface area (Å²) >= 11 is 0. The molecule has 0 radical (unpaired) electrons. The van der Waals surface area contributed by atoms with Crippen molar-refractivity contribution < 1.29 is 14.0 Å². The van der Waals surface area contributed by atoms with Crippen molar-refractivity contribution in [3.05, 3.63) is 59.7 Å². The minimum Gasteiger partial charge on any atom is -0.421 e. The van der Waals surface area contributed by atoms with Crippen LogP contribution in [0.15, 0.2) is 48.5 Å². The summed E-state index contributed by atoms with van der Waals surface area (Å²) in [6.45, 7) is 4.48. The van der Waals surface area contributed by atoms with E-state index in [-0.39, 0.29) is 0 Å². The van der Waals surface area contributed by atoms with Crippen molar-refractivity contribution >= 4 is 12.9 Å². The van der Waals surface area contributed by atoms with E-state index in [0.717, 1.165) is 43.2 Å². The van der Waals surface area contributed by atoms with Gasteiger partial charge in [0, 0.05) is 0 Å². The van der Waals surface area contributed by atoms with E-state index in [0.29, 0.717) is 11.1 Å². The number of aryl methyl sites for hydroxylation is 2. The fourth-order valence-electron chi connectivity index (χ4n) is 4.52. The highest BCUT2D eigenvalue weighted by Gasteiger charge is 2.28. The van der Waals surface area contributed by atoms with Gasteiger partial charge in [-0.2, -0.15) is 0 Å². The first kappa shape index (κ1) is 28.7. The molecular formula is C30H47O3P. The molecule has 1 unspecified atom stereocenters. The third kappa shape index (κ3) is 10.8. The van der Waals surface area contributed by atoms with Crippen LogP contribution in [0.4, 0.5) is 0 Å². The van der Waals surface area contributed by atoms with E-state index < -0.39 is 7.60 Å². The second-order valence-electron chi connectivity index (χ2n) is 9.59. The Balaban J connectivity index is 1.92. The molecule has 0 aliphatic rings. The molecule has 0 fully saturated rings. The van der Waals surface area contributed by atoms with Gasteiger partial charge < -0.3 is 9.42 Å². The van der Waals surface area contributed by atoms with E-state index in [9.17, 15) is 9.46 Å². The van der Waals surface area contributed by atoms with Crippen LogP contribution < -0.4 is 9.83 Å². The Bertz CT molecular complexity index is 848. The molecule has 4 heteroatoms. The number of hydrogen-bond acceptors (Lipinski definition) is 2. The summed E-state index contributed by atoms with van der Waals surface area (Å²) in [7, 11) is -3.96. The third-order valence-corrected chi connectivity index (χ3v) is 8.08. The second kappa shape index (κ2) is 17.0. The van der Waals surface area contributed by atoms with Gasteiger partial charge in [0.05, 0.1) is 5.30 Å². The van der Waals surface area contributed by atoms with Crippen LogP contribution in [0, 0.1) is 0 Å². The van der Waals surface area contributed by atoms with Crippen molar-refractivity contribution in [2.45, 2.75) is 117 Å². The lowest BCUT2D eigenvalue weighted by Crippen LogP contribution is -2.15. The lowest BCUT2D eigenvalue weighted by molar-refractivity contribution is 0.391. The number of unbranched alkanes of at least 4 members (excludes halogenated alkanes) is 12. The highest BCUT2D eigenvalue weighted by molar-refractivity contribution is 7.61. The first-order valence-electron chi connectivity index (χ1n) is 13.8. The Morgan fingerprint density at radius 1 is 0.618 bits per heavy atom. The molecule has 0 heterocycles. The SMILES string of the molecule is CCCCCCCCCc1ccccc1OP(=O)(O)c1ccccc1CCCCCCCCC. The molecule has 0 aromatic heterocycles. The molecule has 1 N–H and O–H groups in total. The fourth-order valence-corrected chi connectivity index (χ4v) is 5.89. The Labute approximate surface area is 208 Å². The van der Waals surface area contributed by atoms with Crippen molar-refractivity contribution in [2.75, 3.05) is 0 Å². The van der Waals surface area contributed by atoms with E-state index in [2.05, 4.69) is 13.8 Å². The molecule has 0 saturated carbocycles. The van der Waals surface area contributed by atoms with Gasteiger partial charge in [-0.15, -0.1) is 0 Å². The van der Waals surface area contributed by atoms with Crippen LogP contribution in [0.25, 0.3) is 0 Å². The lowest BCUT2D eigenvalue weighted by atomic mass is 10.0. The molecule has 2 rings (SSSR count). The molecule has 34 heavy (non-hydrogen) atoms. The van der Waals surface area contributed by atoms with Gasteiger partial charge in [0.15, 0.2) is 0 Å². The average Bonchev–Trinajstić information content (AvgIpc) is 2.84. The minimum atomic E-state index is -3.96. The summed E-state index contributed by atoms with van der Waals surface area (Å²) in [5.74, 6) is 0.546. The second-order valence-corrected chi connectivity index (χ2v) is 11.3. The van der Waals surface area contributed by atoms with E-state index >= 15 is 0 Å². The summed E-state index contributed by atoms with van der Waals surface area (Å²) in [5, 5.41) is 0.451. The van der Waals surface area contributed by atoms with Gasteiger partial charge in [-0.3, -0.25) is 0 Å². The zero-order chi connectivity index (χ0) is 24.5. The van der Waals surface area contributed by atoms with Crippen LogP contribution in [0.3, 0.4) is 0 Å². The fraction of sp³-hybridized carbons (Fsp3) is 0.600. The van der Waals surface area contributed by atoms with Crippen LogP contribution in [-0.4, -0.2) is 4.89 Å². The van der Waals surface area contributed by atoms with Gasteiger partial charge in [-0.1, -0.05) is 127 Å². The zero-order valence-corrected chi connectivity index (χ0v) is 22.5. The maximum atomic E-state index is 13.4. The van der Waals surface area contributed by atoms with Crippen LogP contribution in [0.1, 0.15) is 115 Å². The topological polar surface area (TPSA) is 46.5 Å². The van der Waals surface area contributed by atoms with Crippen molar-refractivity contribution in [2.24, 2.45) is 0 Å². The van der Waals surface area contributed by atoms with E-state index in [1.807, 2.05) is 42.5 Å². The highest BCUT2D eigenvalue weighted by atomic mass is 31.2. The monoisotopic (exact) mass is 486 g/mol. The molecule has 0 aliphatic carbocycles. The van der Waals surface area contributed by atoms with Crippen LogP contribution in [0.5, 0.6) is 5.75 Å². The maximum absolute atomic E-state index is 13.4. The molecule has 0 bridgehead atoms. The molecule has 0 aliphatic heterocycles. The molecule has 0 spiro atoms. The molecule has 3 nitrogen and oxygen atoms in total. The average molecular weight is 487 g/mol. The molecule has 2 aromatic carbocycles. The van der Waals surface area contributed by atoms with Crippen molar-refractivity contribution in [3.8, 4) is 5.75 Å². The van der Waals surface area contributed by atoms with Gasteiger partial charge >= 0.3 is 7.60 Å². The summed E-state index contributed by atoms with van der Waals surface area (Å²) in [6, 6.07) is 15.2. The van der Waals surface area contributed by atoms with Crippen LogP contribution in [0.2, 0.25) is 0 Å². The zero-order valence-electron chi connectivity index (χ0n) is 21.6. The Morgan fingerprint density at radius 3 is 1.65 bits per heavy atom. The summed E-state index contributed by atoms with van der Waals surface area (Å²) < 4.78 is 19.2. The van der Waals surface area contributed by atoms with Gasteiger partial charge in [0.1, 0.15) is 5.75 Å². The number of para-hydroxylation sites is 1. The van der Waals surface area contributed by atoms with E-state index in [1.54, 1.807) is 6.07 Å². The normalized spacial score (nSPS) is 13.0. The standard InChI is InChI=1S/C30H47O3P/c1-3-5-7-9-11-13-15-21-27-22-17-19-25-29(27)33-34(31,32)30-26-20-18-24-28(30)23-16-14-12-10-8-6-4-2/h17-20,22,24-26H,3-16,21,23H2,1-2H3,(H,31,32). The van der Waals surface area contributed by atoms with E-state index in [1.165, 1.54) is 70.6 Å². The molecule has 1 atom stereocenters. The van der Waals surface area contributed by atoms with Crippen molar-refractivity contribution in [3.63, 3.8) is 0 Å². The Kier molecular flexibility index (Phi) is 14.3. The van der Waals surface area contributed by atoms with Gasteiger partial charge in [-0.05, 0) is 48.9 Å². The molecule has 2 aromatic rings. The summed E-state index contributed by atoms with van der Waals surface area (Å²) in [5.41, 5.74) is 1.96. The van der Waals surface area contributed by atoms with Gasteiger partial charge in [0.2, 0.25) is 0 Å². The summed E-state index contributed by atoms with van der Waals surface area (Å²) in [6.07, 6.45) is 19.1. The molecule has 0 amide bonds. The third-order valence-electron chi connectivity index (χ3n) is 6.59. The number of rotatable bonds is 19. The number of hydrogen-bond donors (Lipinski definition) is 1. The number of benzene rings is 2. The molecule has 0 saturated heterocycles. The predicted molar refractivity (Wildman–Crippen MR) is 146 cm³/mol. The van der Waals surface area contributed by atoms with Gasteiger partial charge in [-0.25, -0.2) is 4.57 Å². The first-order chi connectivity index (χ1) is 16.6. The molecular weight excluding hydrogens is 439 g/mol. The van der Waals surface area contributed by atoms with Gasteiger partial charge in [0.25, 0.3) is 0 Å². The molecule has 190 valence electrons.